The van der Waals surface area contributed by atoms with Gasteiger partial charge in [-0.05, 0) is 49.3 Å². The first-order chi connectivity index (χ1) is 14.3. The zero-order chi connectivity index (χ0) is 22.1. The lowest BCUT2D eigenvalue weighted by Crippen LogP contribution is -2.49. The molecule has 1 unspecified atom stereocenters. The lowest BCUT2D eigenvalue weighted by molar-refractivity contribution is -0.141. The zero-order valence-electron chi connectivity index (χ0n) is 19.1. The van der Waals surface area contributed by atoms with Crippen LogP contribution < -0.4 is 5.32 Å². The number of likely N-dealkylation sites (N-methyl/N-ethyl adjacent to an activating group) is 1. The Hall–Kier alpha value is -2.62. The van der Waals surface area contributed by atoms with Crippen LogP contribution in [0.4, 0.5) is 0 Å². The fraction of sp³-hybridized carbons (Fsp3) is 0.462. The van der Waals surface area contributed by atoms with Gasteiger partial charge in [-0.25, -0.2) is 0 Å². The standard InChI is InChI=1S/C26H36N2O2/c1-6-24(26(30)27-7-2)28(18-22-10-8-9-20(5)17-22)25(29)16-13-21-11-14-23(15-12-21)19(3)4/h8-12,14-15,17,19,24H,6-7,13,16,18H2,1-5H3,(H,27,30). The number of amides is 2. The summed E-state index contributed by atoms with van der Waals surface area (Å²) in [6.45, 7) is 11.3. The SMILES string of the molecule is CCNC(=O)C(CC)N(Cc1cccc(C)c1)C(=O)CCc1ccc(C(C)C)cc1. The van der Waals surface area contributed by atoms with E-state index in [-0.39, 0.29) is 11.8 Å². The minimum Gasteiger partial charge on any atom is -0.355 e. The smallest absolute Gasteiger partial charge is 0.242 e. The van der Waals surface area contributed by atoms with E-state index < -0.39 is 6.04 Å². The Kier molecular flexibility index (Phi) is 9.10. The number of aryl methyl sites for hydroxylation is 2. The van der Waals surface area contributed by atoms with Crippen LogP contribution in [0.2, 0.25) is 0 Å². The number of nitrogens with zero attached hydrogens (tertiary/aromatic N) is 1. The van der Waals surface area contributed by atoms with E-state index in [0.717, 1.165) is 16.7 Å². The lowest BCUT2D eigenvalue weighted by Gasteiger charge is -2.30. The average molecular weight is 409 g/mol. The van der Waals surface area contributed by atoms with Crippen molar-refractivity contribution < 1.29 is 9.59 Å². The second kappa shape index (κ2) is 11.5. The summed E-state index contributed by atoms with van der Waals surface area (Å²) >= 11 is 0. The topological polar surface area (TPSA) is 49.4 Å². The number of carbonyl (C=O) groups is 2. The molecule has 0 aliphatic heterocycles. The number of carbonyl (C=O) groups excluding carboxylic acids is 2. The summed E-state index contributed by atoms with van der Waals surface area (Å²) in [4.78, 5) is 27.6. The fourth-order valence-electron chi connectivity index (χ4n) is 3.68. The molecule has 0 heterocycles. The Morgan fingerprint density at radius 1 is 1.00 bits per heavy atom. The van der Waals surface area contributed by atoms with Gasteiger partial charge >= 0.3 is 0 Å². The second-order valence-corrected chi connectivity index (χ2v) is 8.23. The maximum Gasteiger partial charge on any atom is 0.242 e. The molecule has 0 aliphatic rings. The van der Waals surface area contributed by atoms with E-state index in [9.17, 15) is 9.59 Å². The van der Waals surface area contributed by atoms with Crippen molar-refractivity contribution in [2.75, 3.05) is 6.54 Å². The van der Waals surface area contributed by atoms with Crippen molar-refractivity contribution >= 4 is 11.8 Å². The van der Waals surface area contributed by atoms with Crippen molar-refractivity contribution in [3.63, 3.8) is 0 Å². The minimum atomic E-state index is -0.457. The summed E-state index contributed by atoms with van der Waals surface area (Å²) in [5.74, 6) is 0.428. The summed E-state index contributed by atoms with van der Waals surface area (Å²) in [6.07, 6.45) is 1.66. The van der Waals surface area contributed by atoms with E-state index in [4.69, 9.17) is 0 Å². The molecule has 2 aromatic rings. The molecule has 0 saturated carbocycles. The van der Waals surface area contributed by atoms with Crippen LogP contribution in [0, 0.1) is 6.92 Å². The number of hydrogen-bond donors (Lipinski definition) is 1. The van der Waals surface area contributed by atoms with E-state index in [1.165, 1.54) is 5.56 Å². The highest BCUT2D eigenvalue weighted by atomic mass is 16.2. The molecule has 1 atom stereocenters. The van der Waals surface area contributed by atoms with Crippen molar-refractivity contribution in [2.24, 2.45) is 0 Å². The Balaban J connectivity index is 2.16. The van der Waals surface area contributed by atoms with Gasteiger partial charge in [0, 0.05) is 19.5 Å². The summed E-state index contributed by atoms with van der Waals surface area (Å²) in [6, 6.07) is 16.2. The van der Waals surface area contributed by atoms with Crippen LogP contribution in [0.1, 0.15) is 68.7 Å². The predicted molar refractivity (Wildman–Crippen MR) is 123 cm³/mol. The number of benzene rings is 2. The minimum absolute atomic E-state index is 0.0162. The molecule has 30 heavy (non-hydrogen) atoms. The number of nitrogens with one attached hydrogen (secondary N) is 1. The predicted octanol–water partition coefficient (Wildman–Crippen LogP) is 4.99. The van der Waals surface area contributed by atoms with Crippen LogP contribution in [-0.2, 0) is 22.6 Å². The monoisotopic (exact) mass is 408 g/mol. The summed E-state index contributed by atoms with van der Waals surface area (Å²) in [7, 11) is 0. The Morgan fingerprint density at radius 3 is 2.27 bits per heavy atom. The third-order valence-corrected chi connectivity index (χ3v) is 5.45. The van der Waals surface area contributed by atoms with Gasteiger partial charge in [0.2, 0.25) is 11.8 Å². The largest absolute Gasteiger partial charge is 0.355 e. The highest BCUT2D eigenvalue weighted by Crippen LogP contribution is 2.18. The summed E-state index contributed by atoms with van der Waals surface area (Å²) in [5, 5.41) is 2.89. The zero-order valence-corrected chi connectivity index (χ0v) is 19.1. The van der Waals surface area contributed by atoms with Gasteiger partial charge in [-0.2, -0.15) is 0 Å². The Morgan fingerprint density at radius 2 is 1.70 bits per heavy atom. The van der Waals surface area contributed by atoms with Gasteiger partial charge in [0.15, 0.2) is 0 Å². The molecule has 2 amide bonds. The second-order valence-electron chi connectivity index (χ2n) is 8.23. The molecule has 0 bridgehead atoms. The lowest BCUT2D eigenvalue weighted by atomic mass is 10.00. The van der Waals surface area contributed by atoms with Crippen molar-refractivity contribution in [1.29, 1.82) is 0 Å². The van der Waals surface area contributed by atoms with Crippen LogP contribution in [0.15, 0.2) is 48.5 Å². The molecule has 162 valence electrons. The molecule has 0 fully saturated rings. The van der Waals surface area contributed by atoms with Crippen LogP contribution in [0.5, 0.6) is 0 Å². The fourth-order valence-corrected chi connectivity index (χ4v) is 3.68. The summed E-state index contributed by atoms with van der Waals surface area (Å²) < 4.78 is 0. The molecule has 0 radical (unpaired) electrons. The molecule has 2 rings (SSSR count). The highest BCUT2D eigenvalue weighted by Gasteiger charge is 2.28. The van der Waals surface area contributed by atoms with Crippen LogP contribution in [0.25, 0.3) is 0 Å². The average Bonchev–Trinajstić information content (AvgIpc) is 2.72. The molecule has 4 nitrogen and oxygen atoms in total. The maximum atomic E-state index is 13.2. The van der Waals surface area contributed by atoms with Crippen molar-refractivity contribution in [3.8, 4) is 0 Å². The molecule has 0 saturated heterocycles. The number of hydrogen-bond acceptors (Lipinski definition) is 2. The van der Waals surface area contributed by atoms with Gasteiger partial charge in [0.05, 0.1) is 0 Å². The normalized spacial score (nSPS) is 11.9. The third kappa shape index (κ3) is 6.72. The molecular weight excluding hydrogens is 372 g/mol. The summed E-state index contributed by atoms with van der Waals surface area (Å²) in [5.41, 5.74) is 4.64. The van der Waals surface area contributed by atoms with E-state index >= 15 is 0 Å². The molecule has 4 heteroatoms. The Labute approximate surface area is 181 Å². The van der Waals surface area contributed by atoms with E-state index in [1.54, 1.807) is 4.90 Å². The molecule has 2 aromatic carbocycles. The van der Waals surface area contributed by atoms with Gasteiger partial charge < -0.3 is 10.2 Å². The van der Waals surface area contributed by atoms with Crippen LogP contribution in [0.3, 0.4) is 0 Å². The molecule has 0 aromatic heterocycles. The van der Waals surface area contributed by atoms with Gasteiger partial charge in [-0.15, -0.1) is 0 Å². The quantitative estimate of drug-likeness (QED) is 0.602. The first kappa shape index (κ1) is 23.7. The van der Waals surface area contributed by atoms with Crippen molar-refractivity contribution in [2.45, 2.75) is 72.4 Å². The van der Waals surface area contributed by atoms with E-state index in [2.05, 4.69) is 49.5 Å². The first-order valence-electron chi connectivity index (χ1n) is 11.1. The number of rotatable bonds is 10. The molecule has 1 N–H and O–H groups in total. The van der Waals surface area contributed by atoms with Crippen LogP contribution in [-0.4, -0.2) is 29.3 Å². The molecular formula is C26H36N2O2. The van der Waals surface area contributed by atoms with Crippen molar-refractivity contribution in [1.82, 2.24) is 10.2 Å². The van der Waals surface area contributed by atoms with Gasteiger partial charge in [0.1, 0.15) is 6.04 Å². The molecule has 0 spiro atoms. The van der Waals surface area contributed by atoms with Crippen molar-refractivity contribution in [3.05, 3.63) is 70.8 Å². The first-order valence-corrected chi connectivity index (χ1v) is 11.1. The maximum absolute atomic E-state index is 13.2. The van der Waals surface area contributed by atoms with E-state index in [0.29, 0.717) is 38.3 Å². The van der Waals surface area contributed by atoms with Gasteiger partial charge in [-0.1, -0.05) is 74.9 Å². The van der Waals surface area contributed by atoms with Gasteiger partial charge in [0.25, 0.3) is 0 Å². The highest BCUT2D eigenvalue weighted by molar-refractivity contribution is 5.87. The van der Waals surface area contributed by atoms with Crippen LogP contribution >= 0.6 is 0 Å². The van der Waals surface area contributed by atoms with Gasteiger partial charge in [-0.3, -0.25) is 9.59 Å². The van der Waals surface area contributed by atoms with E-state index in [1.807, 2.05) is 39.0 Å². The molecule has 0 aliphatic carbocycles. The Bertz CT molecular complexity index is 827. The third-order valence-electron chi connectivity index (χ3n) is 5.45.